The number of hydrogen-bond donors (Lipinski definition) is 2. The Morgan fingerprint density at radius 1 is 1.06 bits per heavy atom. The van der Waals surface area contributed by atoms with E-state index in [1.54, 1.807) is 35.0 Å². The van der Waals surface area contributed by atoms with Crippen molar-refractivity contribution in [3.05, 3.63) is 95.3 Å². The summed E-state index contributed by atoms with van der Waals surface area (Å²) in [4.78, 5) is 35.4. The van der Waals surface area contributed by atoms with Gasteiger partial charge in [0.15, 0.2) is 5.58 Å². The Bertz CT molecular complexity index is 1760. The molecule has 178 valence electrons. The van der Waals surface area contributed by atoms with Gasteiger partial charge in [-0.25, -0.2) is 14.2 Å². The summed E-state index contributed by atoms with van der Waals surface area (Å²) in [7, 11) is 0. The van der Waals surface area contributed by atoms with Crippen LogP contribution in [-0.4, -0.2) is 25.4 Å². The van der Waals surface area contributed by atoms with E-state index >= 15 is 0 Å². The minimum atomic E-state index is -0.501. The highest BCUT2D eigenvalue weighted by Gasteiger charge is 2.17. The zero-order valence-corrected chi connectivity index (χ0v) is 18.7. The van der Waals surface area contributed by atoms with Crippen LogP contribution in [0.1, 0.15) is 5.69 Å². The Hall–Kier alpha value is -4.99. The van der Waals surface area contributed by atoms with Crippen LogP contribution in [0.15, 0.2) is 86.9 Å². The van der Waals surface area contributed by atoms with Crippen LogP contribution in [-0.2, 0) is 17.9 Å². The van der Waals surface area contributed by atoms with Crippen LogP contribution in [0.25, 0.3) is 44.7 Å². The second-order valence-corrected chi connectivity index (χ2v) is 8.20. The van der Waals surface area contributed by atoms with Crippen LogP contribution >= 0.6 is 0 Å². The van der Waals surface area contributed by atoms with Gasteiger partial charge in [0, 0.05) is 22.7 Å². The van der Waals surface area contributed by atoms with E-state index in [1.165, 1.54) is 24.6 Å². The Balaban J connectivity index is 1.17. The maximum Gasteiger partial charge on any atom is 0.417 e. The van der Waals surface area contributed by atoms with E-state index in [2.05, 4.69) is 20.3 Å². The third kappa shape index (κ3) is 4.05. The molecule has 0 unspecified atom stereocenters. The highest BCUT2D eigenvalue weighted by atomic mass is 19.1. The first-order valence-electron chi connectivity index (χ1n) is 11.1. The lowest BCUT2D eigenvalue weighted by atomic mass is 10.1. The van der Waals surface area contributed by atoms with Crippen molar-refractivity contribution in [2.75, 3.05) is 0 Å². The van der Waals surface area contributed by atoms with Gasteiger partial charge in [0.25, 0.3) is 0 Å². The van der Waals surface area contributed by atoms with Crippen LogP contribution in [0.5, 0.6) is 0 Å². The molecule has 0 spiro atoms. The highest BCUT2D eigenvalue weighted by molar-refractivity contribution is 5.88. The van der Waals surface area contributed by atoms with E-state index in [4.69, 9.17) is 8.83 Å². The van der Waals surface area contributed by atoms with E-state index in [1.807, 2.05) is 18.2 Å². The Morgan fingerprint density at radius 3 is 2.75 bits per heavy atom. The van der Waals surface area contributed by atoms with E-state index in [0.29, 0.717) is 39.3 Å². The molecule has 0 aliphatic rings. The largest absolute Gasteiger partial charge is 0.443 e. The van der Waals surface area contributed by atoms with Gasteiger partial charge >= 0.3 is 5.76 Å². The molecule has 4 aromatic heterocycles. The predicted octanol–water partition coefficient (Wildman–Crippen LogP) is 4.25. The smallest absolute Gasteiger partial charge is 0.417 e. The lowest BCUT2D eigenvalue weighted by Crippen LogP contribution is -2.27. The van der Waals surface area contributed by atoms with Crippen LogP contribution in [0, 0.1) is 5.82 Å². The monoisotopic (exact) mass is 483 g/mol. The molecule has 0 radical (unpaired) electrons. The van der Waals surface area contributed by atoms with Gasteiger partial charge in [-0.15, -0.1) is 0 Å². The Kier molecular flexibility index (Phi) is 5.18. The highest BCUT2D eigenvalue weighted by Crippen LogP contribution is 2.28. The van der Waals surface area contributed by atoms with Crippen LogP contribution < -0.4 is 11.1 Å². The number of pyridine rings is 1. The van der Waals surface area contributed by atoms with Gasteiger partial charge in [-0.3, -0.25) is 14.8 Å². The average Bonchev–Trinajstić information content (AvgIpc) is 3.61. The summed E-state index contributed by atoms with van der Waals surface area (Å²) in [6.45, 7) is 0.222. The molecular weight excluding hydrogens is 465 g/mol. The molecule has 0 fully saturated rings. The normalized spacial score (nSPS) is 11.4. The number of carbonyl (C=O) groups is 1. The second kappa shape index (κ2) is 8.66. The molecule has 0 atom stereocenters. The molecule has 0 aliphatic carbocycles. The van der Waals surface area contributed by atoms with E-state index in [9.17, 15) is 14.0 Å². The number of benzene rings is 2. The fourth-order valence-corrected chi connectivity index (χ4v) is 4.15. The number of amides is 1. The first-order valence-corrected chi connectivity index (χ1v) is 11.1. The summed E-state index contributed by atoms with van der Waals surface area (Å²) in [6, 6.07) is 15.2. The maximum atomic E-state index is 13.7. The molecule has 2 N–H and O–H groups in total. The molecular formula is C26H18FN5O4. The maximum absolute atomic E-state index is 13.7. The minimum absolute atomic E-state index is 0.00713. The van der Waals surface area contributed by atoms with Gasteiger partial charge in [0.2, 0.25) is 11.8 Å². The first kappa shape index (κ1) is 21.5. The molecule has 10 heteroatoms. The summed E-state index contributed by atoms with van der Waals surface area (Å²) < 4.78 is 26.0. The van der Waals surface area contributed by atoms with Crippen molar-refractivity contribution in [3.8, 4) is 22.7 Å². The summed E-state index contributed by atoms with van der Waals surface area (Å²) in [5, 5.41) is 3.51. The quantitative estimate of drug-likeness (QED) is 0.366. The number of H-pyrrole nitrogens is 1. The van der Waals surface area contributed by atoms with Crippen molar-refractivity contribution in [1.82, 2.24) is 24.8 Å². The Morgan fingerprint density at radius 2 is 1.94 bits per heavy atom. The molecule has 9 nitrogen and oxygen atoms in total. The lowest BCUT2D eigenvalue weighted by Gasteiger charge is -2.10. The molecule has 1 amide bonds. The van der Waals surface area contributed by atoms with E-state index in [-0.39, 0.29) is 24.8 Å². The van der Waals surface area contributed by atoms with Gasteiger partial charge in [0.1, 0.15) is 24.3 Å². The number of oxazole rings is 2. The Labute approximate surface area is 202 Å². The van der Waals surface area contributed by atoms with E-state index < -0.39 is 5.76 Å². The average molecular weight is 483 g/mol. The third-order valence-corrected chi connectivity index (χ3v) is 5.86. The van der Waals surface area contributed by atoms with Gasteiger partial charge in [-0.2, -0.15) is 0 Å². The number of aromatic nitrogens is 4. The van der Waals surface area contributed by atoms with Gasteiger partial charge in [0.05, 0.1) is 24.0 Å². The van der Waals surface area contributed by atoms with Crippen molar-refractivity contribution in [2.24, 2.45) is 0 Å². The van der Waals surface area contributed by atoms with Crippen molar-refractivity contribution >= 4 is 27.9 Å². The summed E-state index contributed by atoms with van der Waals surface area (Å²) in [5.74, 6) is -0.772. The van der Waals surface area contributed by atoms with Gasteiger partial charge in [-0.05, 0) is 48.0 Å². The molecule has 0 saturated carbocycles. The molecule has 0 bridgehead atoms. The number of fused-ring (bicyclic) bond motifs is 2. The standard InChI is InChI=1S/C26H18FN5O4/c27-18-3-6-21-17(9-18)10-22(25-28-7-8-35-25)32(21)14-24(33)30-13-19-4-1-16(12-29-19)15-2-5-20-23(11-15)36-26(34)31-20/h1-12H,13-14H2,(H,30,33)(H,31,34). The minimum Gasteiger partial charge on any atom is -0.443 e. The van der Waals surface area contributed by atoms with E-state index in [0.717, 1.165) is 11.1 Å². The molecule has 2 aromatic carbocycles. The van der Waals surface area contributed by atoms with Crippen molar-refractivity contribution in [3.63, 3.8) is 0 Å². The molecule has 0 saturated heterocycles. The fraction of sp³-hybridized carbons (Fsp3) is 0.0769. The van der Waals surface area contributed by atoms with Gasteiger partial charge < -0.3 is 18.7 Å². The fourth-order valence-electron chi connectivity index (χ4n) is 4.15. The topological polar surface area (TPSA) is 119 Å². The van der Waals surface area contributed by atoms with Crippen molar-refractivity contribution in [1.29, 1.82) is 0 Å². The number of nitrogens with one attached hydrogen (secondary N) is 2. The number of rotatable bonds is 6. The molecule has 36 heavy (non-hydrogen) atoms. The number of halogens is 1. The zero-order chi connectivity index (χ0) is 24.6. The van der Waals surface area contributed by atoms with Gasteiger partial charge in [-0.1, -0.05) is 12.1 Å². The number of nitrogens with zero attached hydrogens (tertiary/aromatic N) is 3. The third-order valence-electron chi connectivity index (χ3n) is 5.86. The number of hydrogen-bond acceptors (Lipinski definition) is 6. The summed E-state index contributed by atoms with van der Waals surface area (Å²) in [6.07, 6.45) is 4.65. The van der Waals surface area contributed by atoms with Crippen LogP contribution in [0.3, 0.4) is 0 Å². The molecule has 6 rings (SSSR count). The van der Waals surface area contributed by atoms with Crippen LogP contribution in [0.4, 0.5) is 4.39 Å². The molecule has 6 aromatic rings. The number of carbonyl (C=O) groups excluding carboxylic acids is 1. The van der Waals surface area contributed by atoms with Crippen molar-refractivity contribution in [2.45, 2.75) is 13.1 Å². The number of aromatic amines is 1. The summed E-state index contributed by atoms with van der Waals surface area (Å²) >= 11 is 0. The second-order valence-electron chi connectivity index (χ2n) is 8.20. The zero-order valence-electron chi connectivity index (χ0n) is 18.7. The lowest BCUT2D eigenvalue weighted by molar-refractivity contribution is -0.121. The predicted molar refractivity (Wildman–Crippen MR) is 129 cm³/mol. The summed E-state index contributed by atoms with van der Waals surface area (Å²) in [5.41, 5.74) is 4.74. The first-order chi connectivity index (χ1) is 17.5. The SMILES string of the molecule is O=C(Cn1c(-c2ncco2)cc2cc(F)ccc21)NCc1ccc(-c2ccc3[nH]c(=O)oc3c2)cn1. The molecule has 0 aliphatic heterocycles. The molecule has 4 heterocycles. The van der Waals surface area contributed by atoms with Crippen LogP contribution in [0.2, 0.25) is 0 Å². The van der Waals surface area contributed by atoms with Crippen molar-refractivity contribution < 1.29 is 18.0 Å².